The summed E-state index contributed by atoms with van der Waals surface area (Å²) in [6.07, 6.45) is 4.86. The Labute approximate surface area is 103 Å². The maximum atomic E-state index is 4.18. The van der Waals surface area contributed by atoms with Gasteiger partial charge in [-0.15, -0.1) is 0 Å². The molecule has 2 nitrogen and oxygen atoms in total. The Balaban J connectivity index is 1.97. The van der Waals surface area contributed by atoms with Crippen LogP contribution in [0.15, 0.2) is 42.7 Å². The molecule has 0 aliphatic heterocycles. The molecule has 88 valence electrons. The summed E-state index contributed by atoms with van der Waals surface area (Å²) < 4.78 is 0. The van der Waals surface area contributed by atoms with Crippen LogP contribution in [-0.2, 0) is 13.0 Å². The second-order valence-corrected chi connectivity index (χ2v) is 4.27. The third-order valence-electron chi connectivity index (χ3n) is 2.79. The molecule has 2 heteroatoms. The molecule has 0 fully saturated rings. The molecule has 0 saturated heterocycles. The van der Waals surface area contributed by atoms with E-state index in [4.69, 9.17) is 0 Å². The highest BCUT2D eigenvalue weighted by atomic mass is 14.9. The number of pyridine rings is 1. The van der Waals surface area contributed by atoms with E-state index in [1.165, 1.54) is 16.7 Å². The molecule has 0 atom stereocenters. The van der Waals surface area contributed by atoms with Crippen LogP contribution in [0.3, 0.4) is 0 Å². The summed E-state index contributed by atoms with van der Waals surface area (Å²) in [6.45, 7) is 5.05. The highest BCUT2D eigenvalue weighted by Gasteiger charge is 1.95. The first kappa shape index (κ1) is 11.6. The Hall–Kier alpha value is -1.83. The van der Waals surface area contributed by atoms with Gasteiger partial charge in [0.05, 0.1) is 0 Å². The molecule has 1 aromatic heterocycles. The van der Waals surface area contributed by atoms with E-state index in [0.29, 0.717) is 0 Å². The van der Waals surface area contributed by atoms with E-state index in [1.807, 2.05) is 12.4 Å². The van der Waals surface area contributed by atoms with Crippen molar-refractivity contribution in [2.45, 2.75) is 26.8 Å². The van der Waals surface area contributed by atoms with Crippen LogP contribution in [0.25, 0.3) is 0 Å². The highest BCUT2D eigenvalue weighted by Crippen LogP contribution is 2.11. The van der Waals surface area contributed by atoms with Crippen LogP contribution >= 0.6 is 0 Å². The van der Waals surface area contributed by atoms with Gasteiger partial charge in [0.1, 0.15) is 0 Å². The fraction of sp³-hybridized carbons (Fsp3) is 0.267. The lowest BCUT2D eigenvalue weighted by molar-refractivity contribution is 1.09. The van der Waals surface area contributed by atoms with Gasteiger partial charge >= 0.3 is 0 Å². The lowest BCUT2D eigenvalue weighted by atomic mass is 10.1. The molecule has 1 heterocycles. The monoisotopic (exact) mass is 226 g/mol. The summed E-state index contributed by atoms with van der Waals surface area (Å²) in [5, 5.41) is 3.40. The first-order valence-corrected chi connectivity index (χ1v) is 6.01. The molecule has 0 saturated carbocycles. The molecule has 0 radical (unpaired) electrons. The van der Waals surface area contributed by atoms with Crippen molar-refractivity contribution in [3.8, 4) is 0 Å². The molecular weight excluding hydrogens is 208 g/mol. The smallest absolute Gasteiger partial charge is 0.0416 e. The number of hydrogen-bond donors (Lipinski definition) is 1. The number of nitrogens with zero attached hydrogens (tertiary/aromatic N) is 1. The summed E-state index contributed by atoms with van der Waals surface area (Å²) in [5.41, 5.74) is 4.94. The summed E-state index contributed by atoms with van der Waals surface area (Å²) in [5.74, 6) is 0. The Morgan fingerprint density at radius 3 is 2.47 bits per heavy atom. The van der Waals surface area contributed by atoms with Gasteiger partial charge in [-0.3, -0.25) is 4.98 Å². The van der Waals surface area contributed by atoms with E-state index in [0.717, 1.165) is 18.7 Å². The average Bonchev–Trinajstić information content (AvgIpc) is 2.37. The third kappa shape index (κ3) is 3.31. The molecule has 2 aromatic rings. The number of anilines is 1. The topological polar surface area (TPSA) is 24.9 Å². The predicted octanol–water partition coefficient (Wildman–Crippen LogP) is 3.56. The van der Waals surface area contributed by atoms with Crippen molar-refractivity contribution < 1.29 is 0 Å². The molecule has 0 bridgehead atoms. The molecule has 1 N–H and O–H groups in total. The van der Waals surface area contributed by atoms with Crippen molar-refractivity contribution in [2.24, 2.45) is 0 Å². The van der Waals surface area contributed by atoms with Gasteiger partial charge < -0.3 is 5.32 Å². The fourth-order valence-electron chi connectivity index (χ4n) is 1.78. The minimum Gasteiger partial charge on any atom is -0.381 e. The van der Waals surface area contributed by atoms with Crippen molar-refractivity contribution >= 4 is 5.69 Å². The maximum absolute atomic E-state index is 4.18. The molecule has 0 spiro atoms. The van der Waals surface area contributed by atoms with Crippen molar-refractivity contribution in [1.29, 1.82) is 0 Å². The Morgan fingerprint density at radius 2 is 1.82 bits per heavy atom. The molecule has 0 aliphatic rings. The van der Waals surface area contributed by atoms with Gasteiger partial charge in [0.15, 0.2) is 0 Å². The van der Waals surface area contributed by atoms with Gasteiger partial charge in [-0.25, -0.2) is 0 Å². The molecule has 2 rings (SSSR count). The highest BCUT2D eigenvalue weighted by molar-refractivity contribution is 5.45. The number of nitrogens with one attached hydrogen (secondary N) is 1. The van der Waals surface area contributed by atoms with Crippen LogP contribution in [0.4, 0.5) is 5.69 Å². The number of hydrogen-bond acceptors (Lipinski definition) is 2. The van der Waals surface area contributed by atoms with E-state index in [2.05, 4.69) is 54.5 Å². The van der Waals surface area contributed by atoms with Gasteiger partial charge in [0, 0.05) is 24.6 Å². The van der Waals surface area contributed by atoms with Gasteiger partial charge in [-0.1, -0.05) is 25.1 Å². The lowest BCUT2D eigenvalue weighted by Gasteiger charge is -2.07. The van der Waals surface area contributed by atoms with E-state index >= 15 is 0 Å². The standard InChI is InChI=1S/C15H18N2/c1-3-13-4-6-15(7-5-13)17-11-14-8-12(2)9-16-10-14/h4-10,17H,3,11H2,1-2H3. The zero-order valence-electron chi connectivity index (χ0n) is 10.4. The van der Waals surface area contributed by atoms with Gasteiger partial charge in [-0.2, -0.15) is 0 Å². The Bertz CT molecular complexity index is 475. The normalized spacial score (nSPS) is 10.2. The summed E-state index contributed by atoms with van der Waals surface area (Å²) in [7, 11) is 0. The van der Waals surface area contributed by atoms with E-state index in [1.54, 1.807) is 0 Å². The molecule has 0 amide bonds. The first-order chi connectivity index (χ1) is 8.28. The SMILES string of the molecule is CCc1ccc(NCc2cncc(C)c2)cc1. The van der Waals surface area contributed by atoms with Crippen LogP contribution in [0.5, 0.6) is 0 Å². The van der Waals surface area contributed by atoms with E-state index in [-0.39, 0.29) is 0 Å². The predicted molar refractivity (Wildman–Crippen MR) is 72.1 cm³/mol. The van der Waals surface area contributed by atoms with Crippen LogP contribution in [-0.4, -0.2) is 4.98 Å². The summed E-state index contributed by atoms with van der Waals surface area (Å²) in [4.78, 5) is 4.18. The average molecular weight is 226 g/mol. The zero-order valence-corrected chi connectivity index (χ0v) is 10.4. The number of benzene rings is 1. The maximum Gasteiger partial charge on any atom is 0.0416 e. The third-order valence-corrected chi connectivity index (χ3v) is 2.79. The van der Waals surface area contributed by atoms with Crippen LogP contribution in [0, 0.1) is 6.92 Å². The van der Waals surface area contributed by atoms with E-state index < -0.39 is 0 Å². The van der Waals surface area contributed by atoms with Crippen molar-refractivity contribution in [2.75, 3.05) is 5.32 Å². The quantitative estimate of drug-likeness (QED) is 0.862. The minimum absolute atomic E-state index is 0.820. The van der Waals surface area contributed by atoms with Crippen molar-refractivity contribution in [3.63, 3.8) is 0 Å². The van der Waals surface area contributed by atoms with E-state index in [9.17, 15) is 0 Å². The van der Waals surface area contributed by atoms with Gasteiger partial charge in [0.25, 0.3) is 0 Å². The molecule has 0 aliphatic carbocycles. The molecule has 17 heavy (non-hydrogen) atoms. The zero-order chi connectivity index (χ0) is 12.1. The fourth-order valence-corrected chi connectivity index (χ4v) is 1.78. The second kappa shape index (κ2) is 5.48. The largest absolute Gasteiger partial charge is 0.381 e. The van der Waals surface area contributed by atoms with Crippen molar-refractivity contribution in [3.05, 3.63) is 59.4 Å². The molecule has 0 unspecified atom stereocenters. The van der Waals surface area contributed by atoms with Crippen LogP contribution in [0.1, 0.15) is 23.6 Å². The second-order valence-electron chi connectivity index (χ2n) is 4.27. The minimum atomic E-state index is 0.820. The van der Waals surface area contributed by atoms with Crippen LogP contribution in [0.2, 0.25) is 0 Å². The molecule has 1 aromatic carbocycles. The summed E-state index contributed by atoms with van der Waals surface area (Å²) >= 11 is 0. The van der Waals surface area contributed by atoms with Gasteiger partial charge in [0.2, 0.25) is 0 Å². The molecular formula is C15H18N2. The Kier molecular flexibility index (Phi) is 3.76. The lowest BCUT2D eigenvalue weighted by Crippen LogP contribution is -2.00. The van der Waals surface area contributed by atoms with Gasteiger partial charge in [-0.05, 0) is 42.2 Å². The van der Waals surface area contributed by atoms with Crippen LogP contribution < -0.4 is 5.32 Å². The number of aromatic nitrogens is 1. The number of aryl methyl sites for hydroxylation is 2. The van der Waals surface area contributed by atoms with Crippen molar-refractivity contribution in [1.82, 2.24) is 4.98 Å². The Morgan fingerprint density at radius 1 is 1.06 bits per heavy atom. The number of rotatable bonds is 4. The summed E-state index contributed by atoms with van der Waals surface area (Å²) in [6, 6.07) is 10.7. The first-order valence-electron chi connectivity index (χ1n) is 6.01.